The first-order valence-corrected chi connectivity index (χ1v) is 31.0. The number of phenols is 4. The Morgan fingerprint density at radius 1 is 0.437 bits per heavy atom. The molecule has 0 bridgehead atoms. The molecule has 0 amide bonds. The lowest BCUT2D eigenvalue weighted by Crippen LogP contribution is -2.37. The van der Waals surface area contributed by atoms with Crippen LogP contribution in [0.1, 0.15) is 158 Å². The van der Waals surface area contributed by atoms with Gasteiger partial charge in [0.15, 0.2) is 29.1 Å². The number of rotatable bonds is 11. The third-order valence-electron chi connectivity index (χ3n) is 19.0. The van der Waals surface area contributed by atoms with Crippen LogP contribution in [-0.4, -0.2) is 39.5 Å². The van der Waals surface area contributed by atoms with Crippen LogP contribution in [0, 0.1) is 59.3 Å². The number of fused-ring (bicyclic) bond motifs is 4. The van der Waals surface area contributed by atoms with Crippen LogP contribution in [0.25, 0.3) is 0 Å². The smallest absolute Gasteiger partial charge is 0.165 e. The Morgan fingerprint density at radius 2 is 0.977 bits per heavy atom. The number of hydrogen-bond donors (Lipinski definition) is 5. The molecule has 8 aromatic rings. The SMILES string of the molecule is [B]c1c(O)c(C2c3c(OP)cc(OP)cc3OC(c3ccc(OP)c(OP)c3)C2O)c(O)c2c1OC(c1ccc(O)c(O)c1)C(C)C2c1ccc(C)c2c1OC(c1ccc(C)c(C)c1)C(C)C2c1ccc(C)c2c1OC(c1ccc(C)c(C)c1)C(C)C2. The van der Waals surface area contributed by atoms with Crippen LogP contribution in [-0.2, 0) is 6.42 Å². The van der Waals surface area contributed by atoms with Crippen molar-refractivity contribution in [1.82, 2.24) is 0 Å². The zero-order valence-electron chi connectivity index (χ0n) is 49.8. The van der Waals surface area contributed by atoms with E-state index in [1.165, 1.54) is 28.8 Å². The molecule has 4 aliphatic rings. The van der Waals surface area contributed by atoms with E-state index in [9.17, 15) is 25.5 Å². The molecule has 2 radical (unpaired) electrons. The summed E-state index contributed by atoms with van der Waals surface area (Å²) in [5.41, 5.74) is 13.9. The monoisotopic (exact) mass is 1240 g/mol. The van der Waals surface area contributed by atoms with E-state index in [1.54, 1.807) is 36.4 Å². The molecular formula is C69H71BO13P4. The second-order valence-corrected chi connectivity index (χ2v) is 25.1. The molecule has 0 aromatic heterocycles. The molecule has 4 heterocycles. The van der Waals surface area contributed by atoms with Crippen molar-refractivity contribution in [3.05, 3.63) is 204 Å². The van der Waals surface area contributed by atoms with Crippen molar-refractivity contribution in [2.24, 2.45) is 17.8 Å². The number of aryl methyl sites for hydroxylation is 6. The van der Waals surface area contributed by atoms with E-state index < -0.39 is 53.7 Å². The van der Waals surface area contributed by atoms with Gasteiger partial charge in [0.1, 0.15) is 78.3 Å². The normalized spacial score (nSPS) is 23.5. The summed E-state index contributed by atoms with van der Waals surface area (Å²) in [6.07, 6.45) is -3.53. The first-order valence-electron chi connectivity index (χ1n) is 29.1. The van der Waals surface area contributed by atoms with Crippen molar-refractivity contribution < 1.29 is 62.6 Å². The number of benzene rings is 8. The standard InChI is InChI=1S/C69H71BO13P4/c1-29-10-14-38(22-33(29)5)63-35(7)24-45-31(3)12-18-43(67(45)77-63)53-36(8)64(39-15-11-30(2)34(6)23-39)78-68-44(19-13-32(4)52(53)68)54-37(9)65(40-16-20-46(71)47(72)25-40)79-69-58(54)60(73)57(61(74)59(69)70)56-55-50(27-42(80-84)28-51(55)83-87)76-66(62(56)75)41-17-21-48(81-85)49(26-41)82-86/h10-23,25-28,35-37,53-54,56,62-66,71-75H,24,84-87H2,1-9H3. The Hall–Kier alpha value is -6.90. The van der Waals surface area contributed by atoms with Crippen LogP contribution >= 0.6 is 37.9 Å². The average Bonchev–Trinajstić information content (AvgIpc) is 0.829. The van der Waals surface area contributed by atoms with Crippen LogP contribution in [0.15, 0.2) is 109 Å². The van der Waals surface area contributed by atoms with Crippen molar-refractivity contribution in [3.8, 4) is 69.0 Å². The van der Waals surface area contributed by atoms with E-state index in [2.05, 4.69) is 148 Å². The van der Waals surface area contributed by atoms with Gasteiger partial charge in [-0.3, -0.25) is 0 Å². The third kappa shape index (κ3) is 10.2. The van der Waals surface area contributed by atoms with Gasteiger partial charge in [-0.2, -0.15) is 0 Å². The molecule has 0 saturated carbocycles. The summed E-state index contributed by atoms with van der Waals surface area (Å²) in [5, 5.41) is 61.5. The van der Waals surface area contributed by atoms with Gasteiger partial charge in [0.25, 0.3) is 0 Å². The number of hydrogen-bond acceptors (Lipinski definition) is 13. The quantitative estimate of drug-likeness (QED) is 0.0470. The van der Waals surface area contributed by atoms with Crippen molar-refractivity contribution in [2.45, 2.75) is 117 Å². The first-order chi connectivity index (χ1) is 41.7. The molecule has 12 rings (SSSR count). The minimum atomic E-state index is -1.56. The van der Waals surface area contributed by atoms with E-state index in [0.29, 0.717) is 39.7 Å². The van der Waals surface area contributed by atoms with Crippen molar-refractivity contribution in [3.63, 3.8) is 0 Å². The minimum Gasteiger partial charge on any atom is -0.508 e. The van der Waals surface area contributed by atoms with Crippen LogP contribution in [0.3, 0.4) is 0 Å². The molecule has 15 atom stereocenters. The number of aliphatic hydroxyl groups excluding tert-OH is 1. The molecule has 0 spiro atoms. The van der Waals surface area contributed by atoms with Crippen LogP contribution in [0.4, 0.5) is 0 Å². The summed E-state index contributed by atoms with van der Waals surface area (Å²) in [4.78, 5) is 0. The molecule has 13 nitrogen and oxygen atoms in total. The molecular weight excluding hydrogens is 1170 g/mol. The predicted octanol–water partition coefficient (Wildman–Crippen LogP) is 14.6. The topological polar surface area (TPSA) is 175 Å². The Kier molecular flexibility index (Phi) is 16.4. The summed E-state index contributed by atoms with van der Waals surface area (Å²) < 4.78 is 51.6. The molecule has 15 unspecified atom stereocenters. The molecule has 0 saturated heterocycles. The molecule has 0 aliphatic carbocycles. The molecule has 4 aliphatic heterocycles. The van der Waals surface area contributed by atoms with E-state index in [-0.39, 0.29) is 74.8 Å². The van der Waals surface area contributed by atoms with Gasteiger partial charge >= 0.3 is 0 Å². The van der Waals surface area contributed by atoms with Gasteiger partial charge < -0.3 is 62.6 Å². The fourth-order valence-corrected chi connectivity index (χ4v) is 14.8. The molecule has 87 heavy (non-hydrogen) atoms. The summed E-state index contributed by atoms with van der Waals surface area (Å²) >= 11 is 0. The molecule has 448 valence electrons. The highest BCUT2D eigenvalue weighted by molar-refractivity contribution is 7.11. The van der Waals surface area contributed by atoms with Crippen molar-refractivity contribution in [2.75, 3.05) is 0 Å². The van der Waals surface area contributed by atoms with Crippen molar-refractivity contribution in [1.29, 1.82) is 0 Å². The summed E-state index contributed by atoms with van der Waals surface area (Å²) in [7, 11) is 16.1. The Balaban J connectivity index is 1.12. The maximum Gasteiger partial charge on any atom is 0.165 e. The summed E-state index contributed by atoms with van der Waals surface area (Å²) in [5.74, 6) is -1.85. The lowest BCUT2D eigenvalue weighted by atomic mass is 9.67. The lowest BCUT2D eigenvalue weighted by molar-refractivity contribution is 0.00684. The van der Waals surface area contributed by atoms with Gasteiger partial charge in [-0.25, -0.2) is 0 Å². The minimum absolute atomic E-state index is 0.0226. The van der Waals surface area contributed by atoms with Crippen LogP contribution in [0.2, 0.25) is 0 Å². The van der Waals surface area contributed by atoms with Gasteiger partial charge in [0.05, 0.1) is 43.8 Å². The van der Waals surface area contributed by atoms with Crippen molar-refractivity contribution >= 4 is 51.2 Å². The number of ether oxygens (including phenoxy) is 4. The van der Waals surface area contributed by atoms with E-state index in [0.717, 1.165) is 56.7 Å². The Bertz CT molecular complexity index is 4060. The first kappa shape index (κ1) is 60.4. The van der Waals surface area contributed by atoms with E-state index in [1.807, 2.05) is 13.0 Å². The Labute approximate surface area is 518 Å². The van der Waals surface area contributed by atoms with Gasteiger partial charge in [0, 0.05) is 75.1 Å². The molecule has 8 aromatic carbocycles. The number of phenolic OH excluding ortho intramolecular Hbond substituents is 4. The highest BCUT2D eigenvalue weighted by atomic mass is 31.0. The highest BCUT2D eigenvalue weighted by Gasteiger charge is 2.51. The lowest BCUT2D eigenvalue weighted by Gasteiger charge is -2.45. The highest BCUT2D eigenvalue weighted by Crippen LogP contribution is 2.63. The average molecular weight is 1240 g/mol. The molecule has 0 fully saturated rings. The third-order valence-corrected chi connectivity index (χ3v) is 20.1. The Morgan fingerprint density at radius 3 is 1.60 bits per heavy atom. The van der Waals surface area contributed by atoms with Gasteiger partial charge in [-0.15, -0.1) is 0 Å². The maximum atomic E-state index is 13.7. The largest absolute Gasteiger partial charge is 0.508 e. The number of aromatic hydroxyl groups is 4. The second-order valence-electron chi connectivity index (χ2n) is 24.2. The van der Waals surface area contributed by atoms with Crippen LogP contribution < -0.4 is 42.5 Å². The summed E-state index contributed by atoms with van der Waals surface area (Å²) in [6.45, 7) is 19.3. The zero-order valence-corrected chi connectivity index (χ0v) is 54.5. The fourth-order valence-electron chi connectivity index (χ4n) is 14.1. The van der Waals surface area contributed by atoms with E-state index in [4.69, 9.17) is 44.9 Å². The maximum absolute atomic E-state index is 13.7. The molecule has 5 N–H and O–H groups in total. The zero-order chi connectivity index (χ0) is 61.8. The predicted molar refractivity (Wildman–Crippen MR) is 350 cm³/mol. The molecule has 18 heteroatoms. The van der Waals surface area contributed by atoms with Crippen LogP contribution in [0.5, 0.6) is 69.0 Å². The fraction of sp³-hybridized carbons (Fsp3) is 0.304. The number of aliphatic hydroxyl groups is 1. The van der Waals surface area contributed by atoms with Gasteiger partial charge in [0.2, 0.25) is 0 Å². The van der Waals surface area contributed by atoms with E-state index >= 15 is 0 Å². The summed E-state index contributed by atoms with van der Waals surface area (Å²) in [6, 6.07) is 34.5. The second kappa shape index (κ2) is 23.6. The van der Waals surface area contributed by atoms with Gasteiger partial charge in [-0.1, -0.05) is 93.6 Å². The van der Waals surface area contributed by atoms with Gasteiger partial charge in [-0.05, 0) is 139 Å².